The Balaban J connectivity index is 1.80. The van der Waals surface area contributed by atoms with Crippen LogP contribution < -0.4 is 4.74 Å². The van der Waals surface area contributed by atoms with E-state index in [4.69, 9.17) is 14.2 Å². The first-order valence-electron chi connectivity index (χ1n) is 10.2. The van der Waals surface area contributed by atoms with Gasteiger partial charge in [-0.3, -0.25) is 0 Å². The summed E-state index contributed by atoms with van der Waals surface area (Å²) in [5, 5.41) is 80.2. The van der Waals surface area contributed by atoms with Gasteiger partial charge in [0.05, 0.1) is 30.9 Å². The third kappa shape index (κ3) is 4.13. The molecule has 12 nitrogen and oxygen atoms in total. The van der Waals surface area contributed by atoms with Gasteiger partial charge < -0.3 is 59.8 Å². The molecule has 3 aliphatic rings. The zero-order chi connectivity index (χ0) is 24.7. The summed E-state index contributed by atoms with van der Waals surface area (Å²) in [4.78, 5) is 0. The number of methoxy groups -OCH3 is 1. The molecular weight excluding hydrogens is 456 g/mol. The summed E-state index contributed by atoms with van der Waals surface area (Å²) in [5.74, 6) is -1.67. The molecule has 4 rings (SSSR count). The molecule has 0 spiro atoms. The van der Waals surface area contributed by atoms with E-state index in [-0.39, 0.29) is 39.9 Å². The molecule has 2 aliphatic heterocycles. The molecule has 1 saturated heterocycles. The van der Waals surface area contributed by atoms with Gasteiger partial charge in [-0.15, -0.1) is 0 Å². The van der Waals surface area contributed by atoms with Crippen molar-refractivity contribution >= 4 is 5.76 Å². The zero-order valence-corrected chi connectivity index (χ0v) is 17.8. The van der Waals surface area contributed by atoms with Crippen LogP contribution in [0.4, 0.5) is 0 Å². The third-order valence-corrected chi connectivity index (χ3v) is 5.66. The molecule has 1 fully saturated rings. The topological polar surface area (TPSA) is 202 Å². The van der Waals surface area contributed by atoms with E-state index >= 15 is 0 Å². The van der Waals surface area contributed by atoms with Crippen molar-refractivity contribution in [1.82, 2.24) is 0 Å². The van der Waals surface area contributed by atoms with E-state index in [0.717, 1.165) is 6.08 Å². The van der Waals surface area contributed by atoms with Crippen molar-refractivity contribution in [2.45, 2.75) is 36.8 Å². The lowest BCUT2D eigenvalue weighted by Crippen LogP contribution is -2.59. The Hall–Kier alpha value is -3.42. The van der Waals surface area contributed by atoms with Crippen LogP contribution in [0.25, 0.3) is 5.76 Å². The number of phenolic OH excluding ortho intramolecular Hbond substituents is 2. The number of allylic oxidation sites excluding steroid dienone is 2. The molecule has 0 saturated carbocycles. The van der Waals surface area contributed by atoms with Crippen LogP contribution in [-0.4, -0.2) is 96.1 Å². The zero-order valence-electron chi connectivity index (χ0n) is 17.8. The van der Waals surface area contributed by atoms with Gasteiger partial charge in [-0.1, -0.05) is 0 Å². The molecule has 1 unspecified atom stereocenters. The molecule has 0 amide bonds. The minimum Gasteiger partial charge on any atom is -0.571 e. The fraction of sp³-hybridized carbons (Fsp3) is 0.364. The van der Waals surface area contributed by atoms with E-state index in [1.807, 2.05) is 0 Å². The average Bonchev–Trinajstić information content (AvgIpc) is 2.81. The number of aromatic hydroxyl groups is 2. The molecular formula is C22H25O12+. The molecule has 6 atom stereocenters. The van der Waals surface area contributed by atoms with Gasteiger partial charge in [0, 0.05) is 24.3 Å². The Morgan fingerprint density at radius 3 is 2.41 bits per heavy atom. The normalized spacial score (nSPS) is 31.0. The van der Waals surface area contributed by atoms with Gasteiger partial charge in [-0.2, -0.15) is 0 Å². The van der Waals surface area contributed by atoms with Crippen molar-refractivity contribution in [2.75, 3.05) is 13.7 Å². The summed E-state index contributed by atoms with van der Waals surface area (Å²) in [6, 6.07) is 2.53. The van der Waals surface area contributed by atoms with Gasteiger partial charge in [0.25, 0.3) is 0 Å². The summed E-state index contributed by atoms with van der Waals surface area (Å²) in [6.07, 6.45) is -4.82. The Morgan fingerprint density at radius 2 is 1.74 bits per heavy atom. The van der Waals surface area contributed by atoms with Gasteiger partial charge in [0.1, 0.15) is 35.9 Å². The van der Waals surface area contributed by atoms with Crippen LogP contribution in [0.3, 0.4) is 0 Å². The highest BCUT2D eigenvalue weighted by atomic mass is 16.7. The molecule has 184 valence electrons. The van der Waals surface area contributed by atoms with Crippen LogP contribution in [0.5, 0.6) is 17.2 Å². The lowest BCUT2D eigenvalue weighted by Gasteiger charge is -2.40. The molecule has 1 aromatic rings. The molecule has 1 aromatic carbocycles. The summed E-state index contributed by atoms with van der Waals surface area (Å²) in [6.45, 7) is -0.666. The molecule has 0 bridgehead atoms. The second kappa shape index (κ2) is 9.08. The van der Waals surface area contributed by atoms with Crippen molar-refractivity contribution in [3.8, 4) is 17.2 Å². The van der Waals surface area contributed by atoms with Gasteiger partial charge in [0.2, 0.25) is 23.9 Å². The van der Waals surface area contributed by atoms with Crippen LogP contribution in [0.1, 0.15) is 5.56 Å². The van der Waals surface area contributed by atoms with Gasteiger partial charge in [0.15, 0.2) is 11.5 Å². The van der Waals surface area contributed by atoms with E-state index < -0.39 is 54.9 Å². The fourth-order valence-corrected chi connectivity index (χ4v) is 3.83. The van der Waals surface area contributed by atoms with Crippen LogP contribution >= 0.6 is 0 Å². The first-order chi connectivity index (χ1) is 16.1. The first kappa shape index (κ1) is 23.7. The van der Waals surface area contributed by atoms with E-state index in [0.29, 0.717) is 0 Å². The number of hydrogen-bond acceptors (Lipinski definition) is 11. The molecule has 1 aliphatic carbocycles. The molecule has 9 N–H and O–H groups in total. The maximum absolute atomic E-state index is 10.4. The van der Waals surface area contributed by atoms with Crippen molar-refractivity contribution in [3.05, 3.63) is 58.8 Å². The highest BCUT2D eigenvalue weighted by Gasteiger charge is 2.46. The molecule has 34 heavy (non-hydrogen) atoms. The lowest BCUT2D eigenvalue weighted by molar-refractivity contribution is -0.290. The number of rotatable bonds is 5. The Kier molecular flexibility index (Phi) is 6.34. The Morgan fingerprint density at radius 1 is 1.00 bits per heavy atom. The predicted octanol–water partition coefficient (Wildman–Crippen LogP) is -0.674. The predicted molar refractivity (Wildman–Crippen MR) is 114 cm³/mol. The van der Waals surface area contributed by atoms with Gasteiger partial charge in [-0.25, -0.2) is 0 Å². The maximum atomic E-state index is 10.4. The maximum Gasteiger partial charge on any atom is 0.305 e. The van der Waals surface area contributed by atoms with Crippen LogP contribution in [0, 0.1) is 0 Å². The summed E-state index contributed by atoms with van der Waals surface area (Å²) >= 11 is 0. The third-order valence-electron chi connectivity index (χ3n) is 5.66. The minimum absolute atomic E-state index is 0.0538. The van der Waals surface area contributed by atoms with Crippen LogP contribution in [-0.2, 0) is 9.47 Å². The second-order valence-corrected chi connectivity index (χ2v) is 7.87. The van der Waals surface area contributed by atoms with Crippen molar-refractivity contribution in [1.29, 1.82) is 0 Å². The number of hydrogen-bond donors (Lipinski definition) is 8. The highest BCUT2D eigenvalue weighted by molar-refractivity contribution is 5.71. The SMILES string of the molecule is COc1cc(C2=C(O[C@@H]3O[C@H](CO)[C@@H](O)[C@H](O)[C@H]3O)C=C3C(O)=CC(O)=CC3[OH+]2)cc(O)c1O. The van der Waals surface area contributed by atoms with E-state index in [1.54, 1.807) is 0 Å². The number of fused-ring (bicyclic) bond motifs is 1. The highest BCUT2D eigenvalue weighted by Crippen LogP contribution is 2.42. The first-order valence-corrected chi connectivity index (χ1v) is 10.2. The summed E-state index contributed by atoms with van der Waals surface area (Å²) < 4.78 is 20.7. The monoisotopic (exact) mass is 481 g/mol. The van der Waals surface area contributed by atoms with Crippen molar-refractivity contribution in [2.24, 2.45) is 0 Å². The van der Waals surface area contributed by atoms with E-state index in [1.165, 1.54) is 31.4 Å². The number of aliphatic hydroxyl groups excluding tert-OH is 6. The molecule has 12 heteroatoms. The molecule has 2 heterocycles. The minimum atomic E-state index is -1.72. The van der Waals surface area contributed by atoms with E-state index in [2.05, 4.69) is 4.74 Å². The second-order valence-electron chi connectivity index (χ2n) is 7.87. The van der Waals surface area contributed by atoms with Crippen molar-refractivity contribution in [3.63, 3.8) is 0 Å². The Labute approximate surface area is 192 Å². The standard InChI is InChI=1S/C22H24O12/c1-31-14-3-8(2-12(26)17(14)27)21-15(6-10-11(25)4-9(24)5-13(10)32-21)33-22-20(30)19(29)18(28)16(7-23)34-22/h2-6,13,16,18-20,22-30H,7H2,1H3/p+1/t13?,16-,18-,19+,20-,22-/m1/s1. The van der Waals surface area contributed by atoms with Gasteiger partial charge in [-0.05, 0) is 0 Å². The van der Waals surface area contributed by atoms with E-state index in [9.17, 15) is 40.9 Å². The largest absolute Gasteiger partial charge is 0.571 e. The smallest absolute Gasteiger partial charge is 0.305 e. The van der Waals surface area contributed by atoms with Crippen LogP contribution in [0.2, 0.25) is 0 Å². The quantitative estimate of drug-likeness (QED) is 0.196. The fourth-order valence-electron chi connectivity index (χ4n) is 3.83. The summed E-state index contributed by atoms with van der Waals surface area (Å²) in [5.41, 5.74) is 0.431. The lowest BCUT2D eigenvalue weighted by atomic mass is 9.96. The summed E-state index contributed by atoms with van der Waals surface area (Å²) in [7, 11) is 1.28. The Bertz CT molecular complexity index is 1090. The van der Waals surface area contributed by atoms with Crippen LogP contribution in [0.15, 0.2) is 53.2 Å². The number of benzene rings is 1. The average molecular weight is 481 g/mol. The molecule has 0 aromatic heterocycles. The number of ether oxygens (including phenoxy) is 4. The number of phenols is 2. The number of aliphatic hydroxyl groups is 8. The van der Waals surface area contributed by atoms with Crippen molar-refractivity contribution < 1.29 is 59.8 Å². The van der Waals surface area contributed by atoms with Gasteiger partial charge >= 0.3 is 5.76 Å². The molecule has 0 radical (unpaired) electrons.